The normalized spacial score (nSPS) is 16.2. The summed E-state index contributed by atoms with van der Waals surface area (Å²) >= 11 is 3.43. The minimum Gasteiger partial charge on any atom is -0.493 e. The molecule has 0 spiro atoms. The fraction of sp³-hybridized carbons (Fsp3) is 0.333. The van der Waals surface area contributed by atoms with Crippen molar-refractivity contribution in [2.24, 2.45) is 0 Å². The molecule has 0 radical (unpaired) electrons. The van der Waals surface area contributed by atoms with E-state index in [4.69, 9.17) is 9.47 Å². The van der Waals surface area contributed by atoms with Crippen molar-refractivity contribution < 1.29 is 19.1 Å². The van der Waals surface area contributed by atoms with Crippen LogP contribution in [0.15, 0.2) is 22.3 Å². The molecule has 0 bridgehead atoms. The van der Waals surface area contributed by atoms with Crippen molar-refractivity contribution in [1.29, 1.82) is 0 Å². The average molecular weight is 369 g/mol. The van der Waals surface area contributed by atoms with E-state index < -0.39 is 6.03 Å². The predicted octanol–water partition coefficient (Wildman–Crippen LogP) is 2.77. The van der Waals surface area contributed by atoms with Gasteiger partial charge in [0.15, 0.2) is 11.5 Å². The molecule has 0 aromatic heterocycles. The predicted molar refractivity (Wildman–Crippen MR) is 85.8 cm³/mol. The van der Waals surface area contributed by atoms with Crippen molar-refractivity contribution in [3.8, 4) is 11.5 Å². The number of methoxy groups -OCH3 is 1. The van der Waals surface area contributed by atoms with Crippen molar-refractivity contribution >= 4 is 33.9 Å². The molecule has 22 heavy (non-hydrogen) atoms. The summed E-state index contributed by atoms with van der Waals surface area (Å²) in [6.45, 7) is 4.44. The second-order valence-corrected chi connectivity index (χ2v) is 5.35. The third-order valence-corrected chi connectivity index (χ3v) is 3.85. The lowest BCUT2D eigenvalue weighted by Crippen LogP contribution is -2.30. The van der Waals surface area contributed by atoms with E-state index in [1.807, 2.05) is 6.92 Å². The SMILES string of the molecule is CCOc1cc(/C=C2/NC(=O)N(CC)C2=O)c(Br)cc1OC. The lowest BCUT2D eigenvalue weighted by atomic mass is 10.1. The monoisotopic (exact) mass is 368 g/mol. The molecule has 1 aliphatic heterocycles. The number of benzene rings is 1. The summed E-state index contributed by atoms with van der Waals surface area (Å²) in [6.07, 6.45) is 1.61. The molecule has 1 N–H and O–H groups in total. The molecule has 0 atom stereocenters. The largest absolute Gasteiger partial charge is 0.493 e. The number of hydrogen-bond donors (Lipinski definition) is 1. The van der Waals surface area contributed by atoms with Crippen molar-refractivity contribution in [3.63, 3.8) is 0 Å². The summed E-state index contributed by atoms with van der Waals surface area (Å²) in [4.78, 5) is 24.9. The first-order chi connectivity index (χ1) is 10.5. The molecule has 1 aliphatic rings. The van der Waals surface area contributed by atoms with E-state index in [2.05, 4.69) is 21.2 Å². The van der Waals surface area contributed by atoms with Gasteiger partial charge in [-0.25, -0.2) is 4.79 Å². The summed E-state index contributed by atoms with van der Waals surface area (Å²) in [5.41, 5.74) is 0.950. The van der Waals surface area contributed by atoms with Gasteiger partial charge in [-0.3, -0.25) is 9.69 Å². The van der Waals surface area contributed by atoms with Crippen LogP contribution >= 0.6 is 15.9 Å². The third kappa shape index (κ3) is 3.09. The number of nitrogens with one attached hydrogen (secondary N) is 1. The zero-order valence-electron chi connectivity index (χ0n) is 12.6. The van der Waals surface area contributed by atoms with Gasteiger partial charge in [0.25, 0.3) is 5.91 Å². The van der Waals surface area contributed by atoms with Crippen LogP contribution in [0.3, 0.4) is 0 Å². The van der Waals surface area contributed by atoms with Crippen molar-refractivity contribution in [3.05, 3.63) is 27.9 Å². The van der Waals surface area contributed by atoms with Gasteiger partial charge in [0.1, 0.15) is 5.70 Å². The van der Waals surface area contributed by atoms with Crippen LogP contribution in [-0.4, -0.2) is 37.1 Å². The molecule has 1 heterocycles. The number of carbonyl (C=O) groups excluding carboxylic acids is 2. The van der Waals surface area contributed by atoms with E-state index >= 15 is 0 Å². The Hall–Kier alpha value is -2.02. The van der Waals surface area contributed by atoms with E-state index in [-0.39, 0.29) is 11.6 Å². The van der Waals surface area contributed by atoms with E-state index in [9.17, 15) is 9.59 Å². The molecule has 1 aromatic rings. The fourth-order valence-electron chi connectivity index (χ4n) is 2.10. The zero-order chi connectivity index (χ0) is 16.3. The Balaban J connectivity index is 2.41. The van der Waals surface area contributed by atoms with Crippen molar-refractivity contribution in [2.75, 3.05) is 20.3 Å². The Bertz CT molecular complexity index is 643. The van der Waals surface area contributed by atoms with Gasteiger partial charge >= 0.3 is 6.03 Å². The first kappa shape index (κ1) is 16.4. The molecular formula is C15H17BrN2O4. The number of rotatable bonds is 5. The highest BCUT2D eigenvalue weighted by molar-refractivity contribution is 9.10. The molecule has 1 aromatic carbocycles. The van der Waals surface area contributed by atoms with Gasteiger partial charge in [-0.2, -0.15) is 0 Å². The molecule has 1 fully saturated rings. The zero-order valence-corrected chi connectivity index (χ0v) is 14.2. The first-order valence-corrected chi connectivity index (χ1v) is 7.66. The number of urea groups is 1. The van der Waals surface area contributed by atoms with E-state index in [0.717, 1.165) is 9.37 Å². The van der Waals surface area contributed by atoms with Crippen LogP contribution in [0.2, 0.25) is 0 Å². The number of ether oxygens (including phenoxy) is 2. The second kappa shape index (κ2) is 6.83. The lowest BCUT2D eigenvalue weighted by molar-refractivity contribution is -0.122. The molecule has 6 nitrogen and oxygen atoms in total. The van der Waals surface area contributed by atoms with Gasteiger partial charge in [-0.1, -0.05) is 15.9 Å². The first-order valence-electron chi connectivity index (χ1n) is 6.86. The smallest absolute Gasteiger partial charge is 0.328 e. The molecule has 0 saturated carbocycles. The van der Waals surface area contributed by atoms with Crippen LogP contribution < -0.4 is 14.8 Å². The number of likely N-dealkylation sites (N-methyl/N-ethyl adjacent to an activating group) is 1. The van der Waals surface area contributed by atoms with Gasteiger partial charge in [0.05, 0.1) is 13.7 Å². The van der Waals surface area contributed by atoms with E-state index in [1.165, 1.54) is 0 Å². The van der Waals surface area contributed by atoms with E-state index in [0.29, 0.717) is 30.2 Å². The van der Waals surface area contributed by atoms with Crippen molar-refractivity contribution in [1.82, 2.24) is 10.2 Å². The number of imide groups is 1. The van der Waals surface area contributed by atoms with Gasteiger partial charge in [-0.15, -0.1) is 0 Å². The van der Waals surface area contributed by atoms with Gasteiger partial charge < -0.3 is 14.8 Å². The number of halogens is 1. The van der Waals surface area contributed by atoms with Gasteiger partial charge in [0.2, 0.25) is 0 Å². The van der Waals surface area contributed by atoms with Crippen molar-refractivity contribution in [2.45, 2.75) is 13.8 Å². The lowest BCUT2D eigenvalue weighted by Gasteiger charge is -2.11. The Morgan fingerprint density at radius 1 is 1.27 bits per heavy atom. The minimum absolute atomic E-state index is 0.236. The summed E-state index contributed by atoms with van der Waals surface area (Å²) in [5.74, 6) is 0.824. The molecule has 118 valence electrons. The van der Waals surface area contributed by atoms with Crippen LogP contribution in [0.1, 0.15) is 19.4 Å². The molecular weight excluding hydrogens is 352 g/mol. The molecule has 2 rings (SSSR count). The highest BCUT2D eigenvalue weighted by Crippen LogP contribution is 2.34. The van der Waals surface area contributed by atoms with Crippen LogP contribution in [0, 0.1) is 0 Å². The highest BCUT2D eigenvalue weighted by atomic mass is 79.9. The van der Waals surface area contributed by atoms with Gasteiger partial charge in [-0.05, 0) is 37.6 Å². The third-order valence-electron chi connectivity index (χ3n) is 3.16. The van der Waals surface area contributed by atoms with Crippen LogP contribution in [0.25, 0.3) is 6.08 Å². The topological polar surface area (TPSA) is 67.9 Å². The standard InChI is InChI=1S/C15H17BrN2O4/c1-4-18-14(19)11(17-15(18)20)6-9-7-13(22-5-2)12(21-3)8-10(9)16/h6-8H,4-5H2,1-3H3,(H,17,20)/b11-6+. The van der Waals surface area contributed by atoms with Crippen LogP contribution in [0.5, 0.6) is 11.5 Å². The molecule has 1 saturated heterocycles. The maximum Gasteiger partial charge on any atom is 0.328 e. The minimum atomic E-state index is -0.409. The summed E-state index contributed by atoms with van der Waals surface area (Å²) in [5, 5.41) is 2.57. The Kier molecular flexibility index (Phi) is 5.07. The van der Waals surface area contributed by atoms with Gasteiger partial charge in [0, 0.05) is 11.0 Å². The van der Waals surface area contributed by atoms with Crippen LogP contribution in [-0.2, 0) is 4.79 Å². The number of hydrogen-bond acceptors (Lipinski definition) is 4. The molecule has 7 heteroatoms. The van der Waals surface area contributed by atoms with E-state index in [1.54, 1.807) is 32.2 Å². The second-order valence-electron chi connectivity index (χ2n) is 4.50. The summed E-state index contributed by atoms with van der Waals surface area (Å²) in [7, 11) is 1.56. The summed E-state index contributed by atoms with van der Waals surface area (Å²) in [6, 6.07) is 3.11. The quantitative estimate of drug-likeness (QED) is 0.640. The number of carbonyl (C=O) groups is 2. The van der Waals surface area contributed by atoms with Crippen LogP contribution in [0.4, 0.5) is 4.79 Å². The fourth-order valence-corrected chi connectivity index (χ4v) is 2.54. The Morgan fingerprint density at radius 3 is 2.55 bits per heavy atom. The molecule has 3 amide bonds. The number of nitrogens with zero attached hydrogens (tertiary/aromatic N) is 1. The highest BCUT2D eigenvalue weighted by Gasteiger charge is 2.32. The number of amides is 3. The Labute approximate surface area is 137 Å². The maximum atomic E-state index is 12.1. The summed E-state index contributed by atoms with van der Waals surface area (Å²) < 4.78 is 11.5. The maximum absolute atomic E-state index is 12.1. The Morgan fingerprint density at radius 2 is 2.00 bits per heavy atom. The molecule has 0 unspecified atom stereocenters. The average Bonchev–Trinajstić information content (AvgIpc) is 2.76. The molecule has 0 aliphatic carbocycles.